The zero-order chi connectivity index (χ0) is 21.2. The van der Waals surface area contributed by atoms with Crippen LogP contribution in [0.2, 0.25) is 0 Å². The molecule has 2 aliphatic rings. The number of hydrogen-bond acceptors (Lipinski definition) is 4. The predicted molar refractivity (Wildman–Crippen MR) is 110 cm³/mol. The summed E-state index contributed by atoms with van der Waals surface area (Å²) in [5.41, 5.74) is 0.166. The van der Waals surface area contributed by atoms with Crippen molar-refractivity contribution in [3.63, 3.8) is 0 Å². The molecule has 2 aliphatic heterocycles. The van der Waals surface area contributed by atoms with E-state index in [-0.39, 0.29) is 22.4 Å². The first-order valence-corrected chi connectivity index (χ1v) is 11.8. The Labute approximate surface area is 173 Å². The van der Waals surface area contributed by atoms with Crippen LogP contribution in [0.4, 0.5) is 0 Å². The van der Waals surface area contributed by atoms with E-state index in [1.54, 1.807) is 12.1 Å². The highest BCUT2D eigenvalue weighted by molar-refractivity contribution is 7.89. The topological polar surface area (TPSA) is 85.9 Å². The number of benzene rings is 1. The average molecular weight is 420 g/mol. The quantitative estimate of drug-likeness (QED) is 0.763. The molecule has 1 aromatic rings. The van der Waals surface area contributed by atoms with Crippen molar-refractivity contribution in [1.82, 2.24) is 9.21 Å². The van der Waals surface area contributed by atoms with Gasteiger partial charge in [0.2, 0.25) is 10.0 Å². The molecule has 2 heterocycles. The van der Waals surface area contributed by atoms with Gasteiger partial charge in [0.15, 0.2) is 6.04 Å². The summed E-state index contributed by atoms with van der Waals surface area (Å²) >= 11 is 0. The molecule has 3 atom stereocenters. The van der Waals surface area contributed by atoms with Crippen molar-refractivity contribution >= 4 is 15.9 Å². The molecule has 3 rings (SSSR count). The van der Waals surface area contributed by atoms with Crippen LogP contribution in [0.15, 0.2) is 29.2 Å². The molecule has 0 bridgehead atoms. The van der Waals surface area contributed by atoms with Crippen LogP contribution in [0.5, 0.6) is 0 Å². The zero-order valence-electron chi connectivity index (χ0n) is 17.5. The van der Waals surface area contributed by atoms with Crippen LogP contribution in [-0.4, -0.2) is 68.8 Å². The van der Waals surface area contributed by atoms with Crippen LogP contribution >= 0.6 is 0 Å². The Bertz CT molecular complexity index is 877. The summed E-state index contributed by atoms with van der Waals surface area (Å²) in [6.07, 6.45) is 1.16. The summed E-state index contributed by atoms with van der Waals surface area (Å²) in [5.74, 6) is 1.21. The zero-order valence-corrected chi connectivity index (χ0v) is 18.3. The molecule has 29 heavy (non-hydrogen) atoms. The van der Waals surface area contributed by atoms with Crippen LogP contribution in [0.25, 0.3) is 0 Å². The van der Waals surface area contributed by atoms with E-state index >= 15 is 0 Å². The third-order valence-electron chi connectivity index (χ3n) is 6.15. The van der Waals surface area contributed by atoms with Crippen molar-refractivity contribution in [3.8, 4) is 6.07 Å². The summed E-state index contributed by atoms with van der Waals surface area (Å²) in [6.45, 7) is 9.82. The Morgan fingerprint density at radius 3 is 2.34 bits per heavy atom. The number of nitrogens with one attached hydrogen (secondary N) is 1. The van der Waals surface area contributed by atoms with E-state index in [1.807, 2.05) is 17.9 Å². The van der Waals surface area contributed by atoms with Gasteiger partial charge in [0.25, 0.3) is 5.91 Å². The van der Waals surface area contributed by atoms with Gasteiger partial charge in [-0.2, -0.15) is 9.57 Å². The second kappa shape index (κ2) is 8.82. The molecule has 0 aliphatic carbocycles. The van der Waals surface area contributed by atoms with Gasteiger partial charge in [-0.25, -0.2) is 8.42 Å². The van der Waals surface area contributed by atoms with Crippen LogP contribution < -0.4 is 4.90 Å². The number of piperazine rings is 1. The van der Waals surface area contributed by atoms with Gasteiger partial charge in [-0.3, -0.25) is 4.79 Å². The number of carbonyl (C=O) groups is 1. The third-order valence-corrected chi connectivity index (χ3v) is 8.11. The molecule has 0 spiro atoms. The lowest BCUT2D eigenvalue weighted by molar-refractivity contribution is -0.918. The van der Waals surface area contributed by atoms with E-state index < -0.39 is 10.0 Å². The second-order valence-corrected chi connectivity index (χ2v) is 10.5. The molecule has 0 saturated carbocycles. The predicted octanol–water partition coefficient (Wildman–Crippen LogP) is 0.340. The summed E-state index contributed by atoms with van der Waals surface area (Å²) in [6, 6.07) is 8.09. The number of amides is 1. The molecule has 0 aromatic heterocycles. The fourth-order valence-corrected chi connectivity index (χ4v) is 6.24. The highest BCUT2D eigenvalue weighted by atomic mass is 32.2. The molecule has 8 heteroatoms. The monoisotopic (exact) mass is 419 g/mol. The fraction of sp³-hybridized carbons (Fsp3) is 0.619. The van der Waals surface area contributed by atoms with E-state index in [2.05, 4.69) is 13.8 Å². The van der Waals surface area contributed by atoms with E-state index in [1.165, 1.54) is 16.4 Å². The Hall–Kier alpha value is -1.95. The lowest BCUT2D eigenvalue weighted by atomic mass is 9.91. The number of sulfonamides is 1. The molecule has 2 saturated heterocycles. The van der Waals surface area contributed by atoms with Crippen LogP contribution in [0.1, 0.15) is 32.8 Å². The summed E-state index contributed by atoms with van der Waals surface area (Å²) in [5, 5.41) is 9.24. The Kier molecular flexibility index (Phi) is 6.62. The van der Waals surface area contributed by atoms with Gasteiger partial charge in [0, 0.05) is 13.1 Å². The van der Waals surface area contributed by atoms with E-state index in [4.69, 9.17) is 0 Å². The number of nitrogens with zero attached hydrogens (tertiary/aromatic N) is 3. The minimum absolute atomic E-state index is 0.0615. The Morgan fingerprint density at radius 2 is 1.76 bits per heavy atom. The number of piperidine rings is 1. The van der Waals surface area contributed by atoms with Crippen molar-refractivity contribution < 1.29 is 18.1 Å². The lowest BCUT2D eigenvalue weighted by Crippen LogP contribution is -3.19. The van der Waals surface area contributed by atoms with Gasteiger partial charge in [0.05, 0.1) is 36.6 Å². The van der Waals surface area contributed by atoms with Gasteiger partial charge in [-0.1, -0.05) is 26.0 Å². The van der Waals surface area contributed by atoms with Gasteiger partial charge in [-0.15, -0.1) is 0 Å². The second-order valence-electron chi connectivity index (χ2n) is 8.58. The maximum atomic E-state index is 13.0. The largest absolute Gasteiger partial charge is 0.337 e. The van der Waals surface area contributed by atoms with Gasteiger partial charge in [0.1, 0.15) is 6.07 Å². The number of hydrogen-bond donors (Lipinski definition) is 1. The molecule has 1 amide bonds. The molecular weight excluding hydrogens is 388 g/mol. The first kappa shape index (κ1) is 21.8. The molecule has 0 radical (unpaired) electrons. The number of likely N-dealkylation sites (tertiary alicyclic amines) is 1. The van der Waals surface area contributed by atoms with Crippen molar-refractivity contribution in [2.75, 3.05) is 39.3 Å². The van der Waals surface area contributed by atoms with E-state index in [0.717, 1.165) is 24.4 Å². The number of rotatable bonds is 4. The van der Waals surface area contributed by atoms with Crippen LogP contribution in [-0.2, 0) is 14.8 Å². The maximum absolute atomic E-state index is 13.0. The average Bonchev–Trinajstić information content (AvgIpc) is 2.72. The SMILES string of the molecule is C[C@@H]1C[C@@H](C)CN(C(=O)[C@@H](C)[NH+]2CCN(S(=O)(=O)c3ccccc3C#N)CC2)C1. The Balaban J connectivity index is 1.64. The third kappa shape index (κ3) is 4.63. The standard InChI is InChI=1S/C21H30N4O3S/c1-16-12-17(2)15-24(14-16)21(26)18(3)23-8-10-25(11-9-23)29(27,28)20-7-5-4-6-19(20)13-22/h4-7,16-18H,8-12,14-15H2,1-3H3/p+1/t16-,17-,18-/m1/s1. The molecular formula is C21H31N4O3S+. The summed E-state index contributed by atoms with van der Waals surface area (Å²) in [7, 11) is -3.71. The number of carbonyl (C=O) groups excluding carboxylic acids is 1. The molecule has 158 valence electrons. The van der Waals surface area contributed by atoms with E-state index in [9.17, 15) is 18.5 Å². The normalized spacial score (nSPS) is 25.4. The first-order chi connectivity index (χ1) is 13.7. The smallest absolute Gasteiger partial charge is 0.280 e. The number of quaternary nitrogens is 1. The summed E-state index contributed by atoms with van der Waals surface area (Å²) in [4.78, 5) is 16.2. The van der Waals surface area contributed by atoms with Crippen molar-refractivity contribution in [1.29, 1.82) is 5.26 Å². The van der Waals surface area contributed by atoms with Gasteiger partial charge in [-0.05, 0) is 37.3 Å². The first-order valence-electron chi connectivity index (χ1n) is 10.4. The minimum atomic E-state index is -3.71. The van der Waals surface area contributed by atoms with Crippen molar-refractivity contribution in [2.45, 2.75) is 38.1 Å². The van der Waals surface area contributed by atoms with Crippen LogP contribution in [0.3, 0.4) is 0 Å². The van der Waals surface area contributed by atoms with E-state index in [0.29, 0.717) is 38.0 Å². The molecule has 1 aromatic carbocycles. The highest BCUT2D eigenvalue weighted by Crippen LogP contribution is 2.22. The fourth-order valence-electron chi connectivity index (χ4n) is 4.66. The number of nitriles is 1. The van der Waals surface area contributed by atoms with Crippen LogP contribution in [0, 0.1) is 23.2 Å². The summed E-state index contributed by atoms with van der Waals surface area (Å²) < 4.78 is 27.4. The van der Waals surface area contributed by atoms with Crippen molar-refractivity contribution in [2.24, 2.45) is 11.8 Å². The lowest BCUT2D eigenvalue weighted by Gasteiger charge is -2.39. The molecule has 0 unspecified atom stereocenters. The maximum Gasteiger partial charge on any atom is 0.280 e. The highest BCUT2D eigenvalue weighted by Gasteiger charge is 2.37. The van der Waals surface area contributed by atoms with Gasteiger partial charge >= 0.3 is 0 Å². The molecule has 2 fully saturated rings. The van der Waals surface area contributed by atoms with Gasteiger partial charge < -0.3 is 9.80 Å². The Morgan fingerprint density at radius 1 is 1.17 bits per heavy atom. The molecule has 7 nitrogen and oxygen atoms in total. The van der Waals surface area contributed by atoms with Crippen molar-refractivity contribution in [3.05, 3.63) is 29.8 Å². The minimum Gasteiger partial charge on any atom is -0.337 e. The molecule has 1 N–H and O–H groups in total.